The van der Waals surface area contributed by atoms with Crippen molar-refractivity contribution in [1.29, 1.82) is 0 Å². The molecule has 1 aliphatic heterocycles. The largest absolute Gasteiger partial charge is 0.318 e. The van der Waals surface area contributed by atoms with E-state index in [2.05, 4.69) is 10.6 Å². The molecule has 2 N–H and O–H groups in total. The molecular weight excluding hydrogens is 210 g/mol. The Balaban J connectivity index is 2.96. The first kappa shape index (κ1) is 12.6. The lowest BCUT2D eigenvalue weighted by Gasteiger charge is -2.41. The van der Waals surface area contributed by atoms with Crippen molar-refractivity contribution in [1.82, 2.24) is 15.5 Å². The minimum absolute atomic E-state index is 0.0798. The zero-order valence-corrected chi connectivity index (χ0v) is 9.96. The molecule has 6 nitrogen and oxygen atoms in total. The lowest BCUT2D eigenvalue weighted by atomic mass is 9.97. The average Bonchev–Trinajstić information content (AvgIpc) is 2.21. The highest BCUT2D eigenvalue weighted by molar-refractivity contribution is 6.06. The number of carbonyl (C=O) groups is 3. The minimum Gasteiger partial charge on any atom is -0.318 e. The first-order valence-electron chi connectivity index (χ1n) is 5.13. The van der Waals surface area contributed by atoms with Crippen LogP contribution in [-0.4, -0.2) is 47.8 Å². The maximum atomic E-state index is 12.0. The van der Waals surface area contributed by atoms with Gasteiger partial charge in [-0.2, -0.15) is 0 Å². The van der Waals surface area contributed by atoms with Gasteiger partial charge in [-0.25, -0.2) is 0 Å². The van der Waals surface area contributed by atoms with E-state index in [1.54, 1.807) is 27.8 Å². The summed E-state index contributed by atoms with van der Waals surface area (Å²) in [6.07, 6.45) is 0. The van der Waals surface area contributed by atoms with E-state index in [0.29, 0.717) is 0 Å². The Bertz CT molecular complexity index is 338. The molecule has 6 heteroatoms. The Morgan fingerprint density at radius 1 is 1.50 bits per heavy atom. The number of nitrogens with one attached hydrogen (secondary N) is 2. The van der Waals surface area contributed by atoms with E-state index < -0.39 is 23.4 Å². The predicted molar refractivity (Wildman–Crippen MR) is 57.5 cm³/mol. The lowest BCUT2D eigenvalue weighted by Crippen LogP contribution is -2.67. The van der Waals surface area contributed by atoms with E-state index in [-0.39, 0.29) is 12.5 Å². The molecule has 1 heterocycles. The molecule has 1 fully saturated rings. The summed E-state index contributed by atoms with van der Waals surface area (Å²) in [6, 6.07) is -0.419. The molecule has 1 atom stereocenters. The highest BCUT2D eigenvalue weighted by Gasteiger charge is 2.44. The van der Waals surface area contributed by atoms with Crippen LogP contribution < -0.4 is 10.6 Å². The van der Waals surface area contributed by atoms with Gasteiger partial charge in [0, 0.05) is 0 Å². The second-order valence-corrected chi connectivity index (χ2v) is 4.37. The third kappa shape index (κ3) is 2.06. The summed E-state index contributed by atoms with van der Waals surface area (Å²) in [5.74, 6) is -1.14. The number of imide groups is 1. The molecule has 1 rings (SSSR count). The number of hydrogen-bond acceptors (Lipinski definition) is 4. The van der Waals surface area contributed by atoms with Crippen LogP contribution in [0, 0.1) is 0 Å². The van der Waals surface area contributed by atoms with Gasteiger partial charge in [0.25, 0.3) is 5.91 Å². The van der Waals surface area contributed by atoms with Crippen molar-refractivity contribution in [2.45, 2.75) is 32.4 Å². The van der Waals surface area contributed by atoms with Gasteiger partial charge in [-0.3, -0.25) is 19.7 Å². The number of likely N-dealkylation sites (N-methyl/N-ethyl adjacent to an activating group) is 1. The molecule has 0 aromatic heterocycles. The fraction of sp³-hybridized carbons (Fsp3) is 0.700. The molecule has 0 saturated carbocycles. The molecule has 0 aliphatic carbocycles. The van der Waals surface area contributed by atoms with E-state index in [4.69, 9.17) is 0 Å². The molecule has 0 aromatic carbocycles. The molecule has 1 unspecified atom stereocenters. The first-order chi connectivity index (χ1) is 7.30. The highest BCUT2D eigenvalue weighted by Crippen LogP contribution is 2.19. The second kappa shape index (κ2) is 4.21. The van der Waals surface area contributed by atoms with Crippen LogP contribution >= 0.6 is 0 Å². The Morgan fingerprint density at radius 2 is 2.06 bits per heavy atom. The molecule has 90 valence electrons. The molecule has 1 aliphatic rings. The van der Waals surface area contributed by atoms with Gasteiger partial charge >= 0.3 is 0 Å². The standard InChI is InChI=1S/C10H17N3O3/c1-6(11-4)8(15)13-5-7(14)12-9(16)10(13,2)3/h6,11H,5H2,1-4H3,(H,12,14,16). The number of carbonyl (C=O) groups excluding carboxylic acids is 3. The second-order valence-electron chi connectivity index (χ2n) is 4.37. The van der Waals surface area contributed by atoms with Crippen molar-refractivity contribution in [2.24, 2.45) is 0 Å². The predicted octanol–water partition coefficient (Wildman–Crippen LogP) is -1.14. The van der Waals surface area contributed by atoms with Crippen LogP contribution in [0.1, 0.15) is 20.8 Å². The maximum Gasteiger partial charge on any atom is 0.252 e. The van der Waals surface area contributed by atoms with Gasteiger partial charge in [-0.05, 0) is 27.8 Å². The van der Waals surface area contributed by atoms with E-state index in [0.717, 1.165) is 0 Å². The quantitative estimate of drug-likeness (QED) is 0.584. The fourth-order valence-corrected chi connectivity index (χ4v) is 1.49. The van der Waals surface area contributed by atoms with Gasteiger partial charge in [0.1, 0.15) is 12.1 Å². The third-order valence-corrected chi connectivity index (χ3v) is 2.85. The summed E-state index contributed by atoms with van der Waals surface area (Å²) in [5, 5.41) is 5.01. The summed E-state index contributed by atoms with van der Waals surface area (Å²) >= 11 is 0. The van der Waals surface area contributed by atoms with Gasteiger partial charge in [-0.15, -0.1) is 0 Å². The van der Waals surface area contributed by atoms with Crippen LogP contribution in [0.25, 0.3) is 0 Å². The van der Waals surface area contributed by atoms with Crippen molar-refractivity contribution in [3.8, 4) is 0 Å². The topological polar surface area (TPSA) is 78.5 Å². The zero-order valence-electron chi connectivity index (χ0n) is 9.96. The smallest absolute Gasteiger partial charge is 0.252 e. The van der Waals surface area contributed by atoms with Crippen LogP contribution in [-0.2, 0) is 14.4 Å². The molecule has 16 heavy (non-hydrogen) atoms. The van der Waals surface area contributed by atoms with E-state index >= 15 is 0 Å². The maximum absolute atomic E-state index is 12.0. The molecule has 0 radical (unpaired) electrons. The van der Waals surface area contributed by atoms with Crippen molar-refractivity contribution in [3.05, 3.63) is 0 Å². The number of amides is 3. The van der Waals surface area contributed by atoms with Gasteiger partial charge in [0.2, 0.25) is 11.8 Å². The Hall–Kier alpha value is -1.43. The summed E-state index contributed by atoms with van der Waals surface area (Å²) < 4.78 is 0. The summed E-state index contributed by atoms with van der Waals surface area (Å²) in [5.41, 5.74) is -0.990. The van der Waals surface area contributed by atoms with E-state index in [1.165, 1.54) is 4.90 Å². The van der Waals surface area contributed by atoms with Crippen LogP contribution in [0.15, 0.2) is 0 Å². The van der Waals surface area contributed by atoms with Crippen LogP contribution in [0.5, 0.6) is 0 Å². The van der Waals surface area contributed by atoms with Crippen LogP contribution in [0.2, 0.25) is 0 Å². The van der Waals surface area contributed by atoms with Gasteiger partial charge in [0.05, 0.1) is 6.04 Å². The van der Waals surface area contributed by atoms with Crippen molar-refractivity contribution in [2.75, 3.05) is 13.6 Å². The van der Waals surface area contributed by atoms with E-state index in [9.17, 15) is 14.4 Å². The zero-order chi connectivity index (χ0) is 12.5. The SMILES string of the molecule is CNC(C)C(=O)N1CC(=O)NC(=O)C1(C)C. The van der Waals surface area contributed by atoms with Crippen molar-refractivity contribution < 1.29 is 14.4 Å². The van der Waals surface area contributed by atoms with Crippen LogP contribution in [0.3, 0.4) is 0 Å². The number of nitrogens with zero attached hydrogens (tertiary/aromatic N) is 1. The van der Waals surface area contributed by atoms with E-state index in [1.807, 2.05) is 0 Å². The monoisotopic (exact) mass is 227 g/mol. The molecule has 0 aromatic rings. The Labute approximate surface area is 94.4 Å². The number of piperazine rings is 1. The lowest BCUT2D eigenvalue weighted by molar-refractivity contribution is -0.156. The normalized spacial score (nSPS) is 21.6. The number of rotatable bonds is 2. The molecule has 3 amide bonds. The summed E-state index contributed by atoms with van der Waals surface area (Å²) in [6.45, 7) is 4.85. The Morgan fingerprint density at radius 3 is 2.56 bits per heavy atom. The van der Waals surface area contributed by atoms with Crippen molar-refractivity contribution >= 4 is 17.7 Å². The first-order valence-corrected chi connectivity index (χ1v) is 5.13. The molecular formula is C10H17N3O3. The average molecular weight is 227 g/mol. The Kier molecular flexibility index (Phi) is 3.32. The van der Waals surface area contributed by atoms with Gasteiger partial charge in [0.15, 0.2) is 0 Å². The van der Waals surface area contributed by atoms with Crippen LogP contribution in [0.4, 0.5) is 0 Å². The summed E-state index contributed by atoms with van der Waals surface area (Å²) in [7, 11) is 1.65. The van der Waals surface area contributed by atoms with Crippen molar-refractivity contribution in [3.63, 3.8) is 0 Å². The van der Waals surface area contributed by atoms with Gasteiger partial charge in [-0.1, -0.05) is 0 Å². The number of hydrogen-bond donors (Lipinski definition) is 2. The molecule has 1 saturated heterocycles. The molecule has 0 bridgehead atoms. The third-order valence-electron chi connectivity index (χ3n) is 2.85. The molecule has 0 spiro atoms. The fourth-order valence-electron chi connectivity index (χ4n) is 1.49. The summed E-state index contributed by atoms with van der Waals surface area (Å²) in [4.78, 5) is 36.1. The minimum atomic E-state index is -0.990. The highest BCUT2D eigenvalue weighted by atomic mass is 16.2. The van der Waals surface area contributed by atoms with Gasteiger partial charge < -0.3 is 10.2 Å².